The fourth-order valence-electron chi connectivity index (χ4n) is 2.30. The number of hydrogen-bond donors (Lipinski definition) is 1. The van der Waals surface area contributed by atoms with Crippen LogP contribution in [0.3, 0.4) is 0 Å². The molecule has 0 aliphatic carbocycles. The molecule has 112 valence electrons. The van der Waals surface area contributed by atoms with Gasteiger partial charge in [-0.25, -0.2) is 4.98 Å². The minimum atomic E-state index is -4.39. The zero-order chi connectivity index (χ0) is 14.8. The number of carbonyl (C=O) groups is 1. The number of aliphatic hydroxyl groups is 1. The molecule has 0 saturated carbocycles. The van der Waals surface area contributed by atoms with Crippen LogP contribution in [0.25, 0.3) is 0 Å². The summed E-state index contributed by atoms with van der Waals surface area (Å²) in [6.07, 6.45) is -1.78. The maximum atomic E-state index is 12.4. The second-order valence-electron chi connectivity index (χ2n) is 4.84. The predicted molar refractivity (Wildman–Crippen MR) is 63.7 cm³/mol. The summed E-state index contributed by atoms with van der Waals surface area (Å²) in [6, 6.07) is 0. The van der Waals surface area contributed by atoms with E-state index in [4.69, 9.17) is 0 Å². The normalized spacial score (nSPS) is 17.5. The summed E-state index contributed by atoms with van der Waals surface area (Å²) >= 11 is 0. The van der Waals surface area contributed by atoms with Crippen LogP contribution in [0.5, 0.6) is 0 Å². The van der Waals surface area contributed by atoms with Gasteiger partial charge in [0.15, 0.2) is 0 Å². The summed E-state index contributed by atoms with van der Waals surface area (Å²) in [5.74, 6) is -0.383. The number of aliphatic hydroxyl groups excluding tert-OH is 1. The molecule has 1 aromatic rings. The molecule has 1 fully saturated rings. The van der Waals surface area contributed by atoms with Crippen LogP contribution in [0, 0.1) is 0 Å². The highest BCUT2D eigenvalue weighted by Gasteiger charge is 2.31. The van der Waals surface area contributed by atoms with Gasteiger partial charge in [0, 0.05) is 25.5 Å². The van der Waals surface area contributed by atoms with Crippen molar-refractivity contribution >= 4 is 5.91 Å². The molecule has 1 aliphatic rings. The minimum absolute atomic E-state index is 0.130. The first kappa shape index (κ1) is 14.8. The van der Waals surface area contributed by atoms with Gasteiger partial charge >= 0.3 is 6.18 Å². The molecule has 2 rings (SSSR count). The first-order valence-electron chi connectivity index (χ1n) is 6.40. The Bertz CT molecular complexity index is 467. The zero-order valence-electron chi connectivity index (χ0n) is 10.8. The lowest BCUT2D eigenvalue weighted by molar-refractivity contribution is -0.141. The molecule has 1 unspecified atom stereocenters. The van der Waals surface area contributed by atoms with Crippen LogP contribution < -0.4 is 0 Å². The van der Waals surface area contributed by atoms with Crippen molar-refractivity contribution in [2.75, 3.05) is 13.1 Å². The topological polar surface area (TPSA) is 58.4 Å². The van der Waals surface area contributed by atoms with Gasteiger partial charge in [0.25, 0.3) is 0 Å². The molecule has 2 heterocycles. The fourth-order valence-corrected chi connectivity index (χ4v) is 2.30. The molecule has 5 nitrogen and oxygen atoms in total. The summed E-state index contributed by atoms with van der Waals surface area (Å²) in [4.78, 5) is 17.2. The lowest BCUT2D eigenvalue weighted by Gasteiger charge is -2.18. The van der Waals surface area contributed by atoms with Crippen molar-refractivity contribution in [1.29, 1.82) is 0 Å². The van der Waals surface area contributed by atoms with E-state index in [-0.39, 0.29) is 18.2 Å². The van der Waals surface area contributed by atoms with Gasteiger partial charge in [0.05, 0.1) is 6.42 Å². The summed E-state index contributed by atoms with van der Waals surface area (Å²) in [5.41, 5.74) is 0. The number of likely N-dealkylation sites (tertiary alicyclic amines) is 1. The van der Waals surface area contributed by atoms with E-state index in [9.17, 15) is 23.1 Å². The van der Waals surface area contributed by atoms with Gasteiger partial charge < -0.3 is 14.6 Å². The van der Waals surface area contributed by atoms with Crippen molar-refractivity contribution in [2.24, 2.45) is 0 Å². The second-order valence-corrected chi connectivity index (χ2v) is 4.84. The van der Waals surface area contributed by atoms with E-state index in [2.05, 4.69) is 4.98 Å². The number of rotatable bonds is 4. The smallest absolute Gasteiger partial charge is 0.385 e. The quantitative estimate of drug-likeness (QED) is 0.914. The Kier molecular flexibility index (Phi) is 4.32. The van der Waals surface area contributed by atoms with Gasteiger partial charge in [0.2, 0.25) is 5.91 Å². The van der Waals surface area contributed by atoms with E-state index in [0.717, 1.165) is 23.6 Å². The number of aromatic nitrogens is 2. The molecule has 0 aromatic carbocycles. The number of amides is 1. The summed E-state index contributed by atoms with van der Waals surface area (Å²) in [5, 5.41) is 9.92. The Hall–Kier alpha value is -1.57. The Labute approximate surface area is 114 Å². The van der Waals surface area contributed by atoms with Crippen LogP contribution in [0.15, 0.2) is 12.4 Å². The lowest BCUT2D eigenvalue weighted by Crippen LogP contribution is -2.29. The first-order chi connectivity index (χ1) is 9.37. The number of halogens is 3. The third-order valence-electron chi connectivity index (χ3n) is 3.22. The molecule has 0 spiro atoms. The van der Waals surface area contributed by atoms with Crippen molar-refractivity contribution < 1.29 is 23.1 Å². The molecule has 1 atom stereocenters. The van der Waals surface area contributed by atoms with Crippen molar-refractivity contribution in [1.82, 2.24) is 14.5 Å². The first-order valence-corrected chi connectivity index (χ1v) is 6.40. The van der Waals surface area contributed by atoms with Crippen molar-refractivity contribution in [3.63, 3.8) is 0 Å². The molecule has 1 saturated heterocycles. The van der Waals surface area contributed by atoms with Crippen LogP contribution in [0.4, 0.5) is 13.2 Å². The predicted octanol–water partition coefficient (Wildman–Crippen LogP) is 1.49. The molecular weight excluding hydrogens is 275 g/mol. The summed E-state index contributed by atoms with van der Waals surface area (Å²) in [7, 11) is 0. The number of nitrogens with zero attached hydrogens (tertiary/aromatic N) is 3. The maximum absolute atomic E-state index is 12.4. The molecule has 0 bridgehead atoms. The Morgan fingerprint density at radius 1 is 1.40 bits per heavy atom. The molecular formula is C12H16F3N3O2. The molecule has 1 aromatic heterocycles. The largest absolute Gasteiger partial charge is 0.406 e. The van der Waals surface area contributed by atoms with Crippen molar-refractivity contribution in [3.05, 3.63) is 18.2 Å². The average Bonchev–Trinajstić information content (AvgIpc) is 2.96. The minimum Gasteiger partial charge on any atom is -0.385 e. The van der Waals surface area contributed by atoms with Gasteiger partial charge in [-0.15, -0.1) is 0 Å². The molecule has 0 radical (unpaired) electrons. The van der Waals surface area contributed by atoms with Gasteiger partial charge in [-0.1, -0.05) is 0 Å². The van der Waals surface area contributed by atoms with Crippen LogP contribution in [0.1, 0.15) is 31.2 Å². The van der Waals surface area contributed by atoms with Gasteiger partial charge in [-0.05, 0) is 12.8 Å². The van der Waals surface area contributed by atoms with E-state index in [1.165, 1.54) is 6.20 Å². The number of imidazole rings is 1. The van der Waals surface area contributed by atoms with Crippen molar-refractivity contribution in [2.45, 2.75) is 38.1 Å². The molecule has 20 heavy (non-hydrogen) atoms. The van der Waals surface area contributed by atoms with Gasteiger partial charge in [0.1, 0.15) is 18.5 Å². The molecule has 1 N–H and O–H groups in total. The standard InChI is InChI=1S/C12H16F3N3O2/c13-12(14,15)8-18-6-3-16-11(18)9(19)7-10(20)17-4-1-2-5-17/h3,6,9,19H,1-2,4-5,7-8H2. The van der Waals surface area contributed by atoms with Crippen LogP contribution in [-0.4, -0.2) is 44.7 Å². The lowest BCUT2D eigenvalue weighted by atomic mass is 10.2. The van der Waals surface area contributed by atoms with E-state index >= 15 is 0 Å². The van der Waals surface area contributed by atoms with E-state index < -0.39 is 18.8 Å². The number of alkyl halides is 3. The fraction of sp³-hybridized carbons (Fsp3) is 0.667. The third kappa shape index (κ3) is 3.72. The highest BCUT2D eigenvalue weighted by atomic mass is 19.4. The molecule has 8 heteroatoms. The highest BCUT2D eigenvalue weighted by molar-refractivity contribution is 5.77. The monoisotopic (exact) mass is 291 g/mol. The zero-order valence-corrected chi connectivity index (χ0v) is 10.8. The Morgan fingerprint density at radius 3 is 2.65 bits per heavy atom. The van der Waals surface area contributed by atoms with E-state index in [1.54, 1.807) is 4.90 Å². The summed E-state index contributed by atoms with van der Waals surface area (Å²) in [6.45, 7) is 0.0579. The van der Waals surface area contributed by atoms with Crippen molar-refractivity contribution in [3.8, 4) is 0 Å². The Morgan fingerprint density at radius 2 is 2.05 bits per heavy atom. The SMILES string of the molecule is O=C(CC(O)c1nccn1CC(F)(F)F)N1CCCC1. The molecule has 1 aliphatic heterocycles. The van der Waals surface area contributed by atoms with Gasteiger partial charge in [-0.3, -0.25) is 4.79 Å². The third-order valence-corrected chi connectivity index (χ3v) is 3.22. The Balaban J connectivity index is 2.00. The van der Waals surface area contributed by atoms with E-state index in [1.807, 2.05) is 0 Å². The van der Waals surface area contributed by atoms with E-state index in [0.29, 0.717) is 13.1 Å². The maximum Gasteiger partial charge on any atom is 0.406 e. The number of carbonyl (C=O) groups excluding carboxylic acids is 1. The number of hydrogen-bond acceptors (Lipinski definition) is 3. The highest BCUT2D eigenvalue weighted by Crippen LogP contribution is 2.23. The van der Waals surface area contributed by atoms with Crippen LogP contribution in [-0.2, 0) is 11.3 Å². The van der Waals surface area contributed by atoms with Gasteiger partial charge in [-0.2, -0.15) is 13.2 Å². The second kappa shape index (κ2) is 5.82. The van der Waals surface area contributed by atoms with Crippen LogP contribution in [0.2, 0.25) is 0 Å². The summed E-state index contributed by atoms with van der Waals surface area (Å²) < 4.78 is 37.9. The molecule has 1 amide bonds. The van der Waals surface area contributed by atoms with Crippen LogP contribution >= 0.6 is 0 Å². The average molecular weight is 291 g/mol.